The van der Waals surface area contributed by atoms with Crippen LogP contribution in [0.25, 0.3) is 0 Å². The molecular weight excluding hydrogens is 272 g/mol. The summed E-state index contributed by atoms with van der Waals surface area (Å²) in [6, 6.07) is 0.596. The van der Waals surface area contributed by atoms with E-state index in [1.807, 2.05) is 0 Å². The fourth-order valence-electron chi connectivity index (χ4n) is 5.71. The lowest BCUT2D eigenvalue weighted by Gasteiger charge is -2.53. The van der Waals surface area contributed by atoms with Crippen molar-refractivity contribution in [2.75, 3.05) is 0 Å². The largest absolute Gasteiger partial charge is 0.349 e. The highest BCUT2D eigenvalue weighted by atomic mass is 16.1. The van der Waals surface area contributed by atoms with E-state index in [9.17, 15) is 4.79 Å². The summed E-state index contributed by atoms with van der Waals surface area (Å²) in [7, 11) is 0. The molecule has 2 aliphatic carbocycles. The van der Waals surface area contributed by atoms with E-state index in [1.54, 1.807) is 6.92 Å². The number of hydrogen-bond acceptors (Lipinski definition) is 2. The number of carbonyl (C=O) groups is 1. The van der Waals surface area contributed by atoms with Gasteiger partial charge in [0, 0.05) is 18.1 Å². The zero-order valence-electron chi connectivity index (χ0n) is 14.6. The second kappa shape index (κ2) is 5.50. The van der Waals surface area contributed by atoms with E-state index in [1.165, 1.54) is 37.0 Å². The van der Waals surface area contributed by atoms with Gasteiger partial charge >= 0.3 is 0 Å². The molecule has 1 N–H and O–H groups in total. The van der Waals surface area contributed by atoms with Gasteiger partial charge < -0.3 is 5.32 Å². The van der Waals surface area contributed by atoms with E-state index in [0.717, 1.165) is 0 Å². The van der Waals surface area contributed by atoms with Crippen LogP contribution in [0.2, 0.25) is 0 Å². The maximum atomic E-state index is 11.9. The summed E-state index contributed by atoms with van der Waals surface area (Å²) in [5.74, 6) is 1.73. The highest BCUT2D eigenvalue weighted by Crippen LogP contribution is 2.57. The summed E-state index contributed by atoms with van der Waals surface area (Å²) in [6.07, 6.45) is 7.45. The van der Waals surface area contributed by atoms with Crippen molar-refractivity contribution in [2.45, 2.75) is 72.4 Å². The molecule has 1 heterocycles. The number of amides is 1. The molecule has 0 aromatic rings. The first kappa shape index (κ1) is 15.8. The van der Waals surface area contributed by atoms with Gasteiger partial charge in [-0.3, -0.25) is 9.79 Å². The molecule has 3 heteroatoms. The summed E-state index contributed by atoms with van der Waals surface area (Å²) in [4.78, 5) is 17.0. The van der Waals surface area contributed by atoms with Gasteiger partial charge in [-0.25, -0.2) is 0 Å². The minimum absolute atomic E-state index is 0.0228. The Labute approximate surface area is 134 Å². The molecule has 0 aromatic carbocycles. The monoisotopic (exact) mass is 302 g/mol. The lowest BCUT2D eigenvalue weighted by Crippen LogP contribution is -2.61. The maximum absolute atomic E-state index is 11.9. The van der Waals surface area contributed by atoms with Crippen molar-refractivity contribution in [3.8, 4) is 0 Å². The number of nitrogens with zero attached hydrogens (tertiary/aromatic N) is 1. The first-order valence-corrected chi connectivity index (χ1v) is 8.89. The minimum atomic E-state index is 0.0228. The van der Waals surface area contributed by atoms with E-state index in [2.05, 4.69) is 39.1 Å². The molecule has 3 nitrogen and oxygen atoms in total. The first-order valence-electron chi connectivity index (χ1n) is 8.89. The molecule has 2 unspecified atom stereocenters. The topological polar surface area (TPSA) is 41.5 Å². The Morgan fingerprint density at radius 1 is 1.27 bits per heavy atom. The van der Waals surface area contributed by atoms with Crippen LogP contribution in [0.1, 0.15) is 60.3 Å². The highest BCUT2D eigenvalue weighted by Gasteiger charge is 2.60. The Morgan fingerprint density at radius 3 is 2.64 bits per heavy atom. The third-order valence-electron chi connectivity index (χ3n) is 6.68. The molecule has 0 bridgehead atoms. The molecule has 3 rings (SSSR count). The standard InChI is InChI=1S/C19H30N2O/c1-11-10-12(2)18(21-15(5)22)19(13(11)3)14(4)20-17-9-7-6-8-16(17)19/h10-11,13,16-18H,6-9H2,1-5H3,(H,21,22)/t11-,13+,16?,17?,18+,19+/m1/s1. The van der Waals surface area contributed by atoms with Crippen LogP contribution in [0.5, 0.6) is 0 Å². The molecule has 1 spiro atoms. The molecule has 22 heavy (non-hydrogen) atoms. The van der Waals surface area contributed by atoms with Gasteiger partial charge in [0.2, 0.25) is 5.91 Å². The number of fused-ring (bicyclic) bond motifs is 2. The maximum Gasteiger partial charge on any atom is 0.217 e. The normalized spacial score (nSPS) is 44.3. The van der Waals surface area contributed by atoms with E-state index >= 15 is 0 Å². The summed E-state index contributed by atoms with van der Waals surface area (Å²) in [5, 5.41) is 3.29. The van der Waals surface area contributed by atoms with Gasteiger partial charge in [0.05, 0.1) is 12.1 Å². The summed E-state index contributed by atoms with van der Waals surface area (Å²) in [5.41, 5.74) is 2.63. The van der Waals surface area contributed by atoms with Gasteiger partial charge in [0.25, 0.3) is 0 Å². The average molecular weight is 302 g/mol. The summed E-state index contributed by atoms with van der Waals surface area (Å²) in [6.45, 7) is 10.7. The second-order valence-electron chi connectivity index (χ2n) is 7.80. The predicted octanol–water partition coefficient (Wildman–Crippen LogP) is 3.74. The van der Waals surface area contributed by atoms with Gasteiger partial charge in [-0.05, 0) is 44.4 Å². The van der Waals surface area contributed by atoms with Crippen molar-refractivity contribution < 1.29 is 4.79 Å². The molecular formula is C19H30N2O. The van der Waals surface area contributed by atoms with Crippen molar-refractivity contribution in [1.29, 1.82) is 0 Å². The minimum Gasteiger partial charge on any atom is -0.349 e. The Balaban J connectivity index is 2.12. The highest BCUT2D eigenvalue weighted by molar-refractivity contribution is 5.93. The molecule has 0 saturated heterocycles. The molecule has 1 saturated carbocycles. The van der Waals surface area contributed by atoms with Gasteiger partial charge in [-0.2, -0.15) is 0 Å². The molecule has 1 fully saturated rings. The summed E-state index contributed by atoms with van der Waals surface area (Å²) < 4.78 is 0. The lowest BCUT2D eigenvalue weighted by atomic mass is 9.51. The Kier molecular flexibility index (Phi) is 3.94. The van der Waals surface area contributed by atoms with Crippen molar-refractivity contribution in [1.82, 2.24) is 5.32 Å². The third kappa shape index (κ3) is 2.08. The molecule has 0 radical (unpaired) electrons. The quantitative estimate of drug-likeness (QED) is 0.737. The van der Waals surface area contributed by atoms with E-state index in [-0.39, 0.29) is 17.4 Å². The van der Waals surface area contributed by atoms with Gasteiger partial charge in [0.15, 0.2) is 0 Å². The summed E-state index contributed by atoms with van der Waals surface area (Å²) >= 11 is 0. The molecule has 3 aliphatic rings. The van der Waals surface area contributed by atoms with Crippen LogP contribution in [0, 0.1) is 23.2 Å². The van der Waals surface area contributed by atoms with Crippen molar-refractivity contribution in [2.24, 2.45) is 28.2 Å². The van der Waals surface area contributed by atoms with E-state index in [0.29, 0.717) is 23.8 Å². The predicted molar refractivity (Wildman–Crippen MR) is 91.0 cm³/mol. The van der Waals surface area contributed by atoms with Crippen molar-refractivity contribution >= 4 is 11.6 Å². The van der Waals surface area contributed by atoms with Crippen molar-refractivity contribution in [3.05, 3.63) is 11.6 Å². The first-order chi connectivity index (χ1) is 10.4. The number of hydrogen-bond donors (Lipinski definition) is 1. The smallest absolute Gasteiger partial charge is 0.217 e. The van der Waals surface area contributed by atoms with Crippen LogP contribution < -0.4 is 5.32 Å². The SMILES string of the molecule is CC(=O)N[C@H]1C(C)=C[C@@H](C)[C@H](C)[C@@]12C(C)=NC1CCCCC12. The molecule has 1 aliphatic heterocycles. The Hall–Kier alpha value is -1.12. The zero-order chi connectivity index (χ0) is 16.1. The fraction of sp³-hybridized carbons (Fsp3) is 0.789. The second-order valence-corrected chi connectivity index (χ2v) is 7.80. The third-order valence-corrected chi connectivity index (χ3v) is 6.68. The zero-order valence-corrected chi connectivity index (χ0v) is 14.6. The number of rotatable bonds is 1. The number of carbonyl (C=O) groups excluding carboxylic acids is 1. The van der Waals surface area contributed by atoms with Crippen molar-refractivity contribution in [3.63, 3.8) is 0 Å². The van der Waals surface area contributed by atoms with Gasteiger partial charge in [0.1, 0.15) is 0 Å². The molecule has 1 amide bonds. The van der Waals surface area contributed by atoms with E-state index in [4.69, 9.17) is 4.99 Å². The van der Waals surface area contributed by atoms with Crippen LogP contribution >= 0.6 is 0 Å². The molecule has 0 aromatic heterocycles. The number of allylic oxidation sites excluding steroid dienone is 1. The van der Waals surface area contributed by atoms with Crippen LogP contribution in [0.3, 0.4) is 0 Å². The van der Waals surface area contributed by atoms with Crippen LogP contribution in [-0.2, 0) is 4.79 Å². The van der Waals surface area contributed by atoms with Crippen LogP contribution in [0.4, 0.5) is 0 Å². The Bertz CT molecular complexity index is 536. The Morgan fingerprint density at radius 2 is 1.95 bits per heavy atom. The fourth-order valence-corrected chi connectivity index (χ4v) is 5.71. The average Bonchev–Trinajstić information content (AvgIpc) is 2.75. The molecule has 6 atom stereocenters. The van der Waals surface area contributed by atoms with Crippen LogP contribution in [-0.4, -0.2) is 23.7 Å². The van der Waals surface area contributed by atoms with Gasteiger partial charge in [-0.1, -0.05) is 38.3 Å². The van der Waals surface area contributed by atoms with Gasteiger partial charge in [-0.15, -0.1) is 0 Å². The number of nitrogens with one attached hydrogen (secondary N) is 1. The van der Waals surface area contributed by atoms with E-state index < -0.39 is 0 Å². The number of aliphatic imine (C=N–C) groups is 1. The van der Waals surface area contributed by atoms with Crippen LogP contribution in [0.15, 0.2) is 16.6 Å². The molecule has 122 valence electrons. The lowest BCUT2D eigenvalue weighted by molar-refractivity contribution is -0.120.